The molecule has 2 aromatic rings. The molecule has 0 aliphatic heterocycles. The molecule has 1 heterocycles. The molecule has 0 spiro atoms. The van der Waals surface area contributed by atoms with Gasteiger partial charge in [-0.3, -0.25) is 13.9 Å². The molecule has 0 saturated carbocycles. The van der Waals surface area contributed by atoms with E-state index in [1.165, 1.54) is 25.1 Å². The topological polar surface area (TPSA) is 145 Å². The average Bonchev–Trinajstić information content (AvgIpc) is 2.55. The predicted molar refractivity (Wildman–Crippen MR) is 87.9 cm³/mol. The Labute approximate surface area is 143 Å². The number of nitrogens with zero attached hydrogens (tertiary/aromatic N) is 4. The summed E-state index contributed by atoms with van der Waals surface area (Å²) in [5, 5.41) is 26.9. The molecule has 0 saturated heterocycles. The summed E-state index contributed by atoms with van der Waals surface area (Å²) >= 11 is 0. The van der Waals surface area contributed by atoms with Gasteiger partial charge in [0.15, 0.2) is 5.69 Å². The smallest absolute Gasteiger partial charge is 0.296 e. The van der Waals surface area contributed by atoms with Gasteiger partial charge in [0, 0.05) is 12.1 Å². The first-order valence-electron chi connectivity index (χ1n) is 7.07. The van der Waals surface area contributed by atoms with Gasteiger partial charge < -0.3 is 5.11 Å². The van der Waals surface area contributed by atoms with Gasteiger partial charge in [0.05, 0.1) is 0 Å². The Hall–Kier alpha value is -3.03. The van der Waals surface area contributed by atoms with Gasteiger partial charge in [0.1, 0.15) is 22.2 Å². The average molecular weight is 362 g/mol. The Bertz CT molecular complexity index is 1060. The molecule has 0 radical (unpaired) electrons. The molecule has 0 aliphatic carbocycles. The number of nitriles is 1. The van der Waals surface area contributed by atoms with Gasteiger partial charge in [-0.25, -0.2) is 0 Å². The zero-order valence-electron chi connectivity index (χ0n) is 13.3. The predicted octanol–water partition coefficient (Wildman–Crippen LogP) is 2.42. The van der Waals surface area contributed by atoms with E-state index in [1.54, 1.807) is 13.0 Å². The molecule has 0 atom stereocenters. The van der Waals surface area contributed by atoms with E-state index < -0.39 is 26.5 Å². The fourth-order valence-corrected chi connectivity index (χ4v) is 2.84. The molecule has 0 bridgehead atoms. The molecule has 0 aliphatic rings. The van der Waals surface area contributed by atoms with E-state index in [2.05, 4.69) is 10.2 Å². The van der Waals surface area contributed by atoms with Gasteiger partial charge in [0.2, 0.25) is 5.88 Å². The lowest BCUT2D eigenvalue weighted by Crippen LogP contribution is -2.23. The highest BCUT2D eigenvalue weighted by molar-refractivity contribution is 7.86. The summed E-state index contributed by atoms with van der Waals surface area (Å²) < 4.78 is 32.9. The Balaban J connectivity index is 2.70. The van der Waals surface area contributed by atoms with Crippen molar-refractivity contribution < 1.29 is 18.1 Å². The van der Waals surface area contributed by atoms with E-state index in [1.807, 2.05) is 0 Å². The van der Waals surface area contributed by atoms with Crippen molar-refractivity contribution in [1.82, 2.24) is 4.57 Å². The van der Waals surface area contributed by atoms with Gasteiger partial charge in [-0.15, -0.1) is 10.2 Å². The highest BCUT2D eigenvalue weighted by Crippen LogP contribution is 2.33. The molecule has 1 aromatic heterocycles. The molecule has 0 amide bonds. The molecule has 130 valence electrons. The Kier molecular flexibility index (Phi) is 5.01. The minimum absolute atomic E-state index is 0.101. The molecule has 1 aromatic carbocycles. The molecular weight excluding hydrogens is 348 g/mol. The van der Waals surface area contributed by atoms with Crippen molar-refractivity contribution in [2.24, 2.45) is 10.2 Å². The van der Waals surface area contributed by atoms with Crippen LogP contribution in [0.3, 0.4) is 0 Å². The minimum atomic E-state index is -4.51. The van der Waals surface area contributed by atoms with Crippen molar-refractivity contribution >= 4 is 21.5 Å². The first-order valence-corrected chi connectivity index (χ1v) is 8.51. The largest absolute Gasteiger partial charge is 0.493 e. The second kappa shape index (κ2) is 6.84. The molecule has 0 fully saturated rings. The summed E-state index contributed by atoms with van der Waals surface area (Å²) in [6.07, 6.45) is 0. The number of hydrogen-bond acceptors (Lipinski definition) is 7. The quantitative estimate of drug-likeness (QED) is 0.631. The van der Waals surface area contributed by atoms with Crippen molar-refractivity contribution in [3.8, 4) is 11.9 Å². The third-order valence-corrected chi connectivity index (χ3v) is 4.39. The molecule has 2 rings (SSSR count). The second-order valence-corrected chi connectivity index (χ2v) is 6.37. The summed E-state index contributed by atoms with van der Waals surface area (Å²) in [6, 6.07) is 7.09. The number of pyridine rings is 1. The lowest BCUT2D eigenvalue weighted by atomic mass is 10.1. The number of azo groups is 1. The summed E-state index contributed by atoms with van der Waals surface area (Å²) in [7, 11) is -4.51. The minimum Gasteiger partial charge on any atom is -0.493 e. The van der Waals surface area contributed by atoms with Crippen molar-refractivity contribution in [1.29, 1.82) is 5.26 Å². The second-order valence-electron chi connectivity index (χ2n) is 4.98. The molecule has 10 heteroatoms. The number of hydrogen-bond donors (Lipinski definition) is 2. The van der Waals surface area contributed by atoms with Gasteiger partial charge in [-0.2, -0.15) is 13.7 Å². The third kappa shape index (κ3) is 3.42. The van der Waals surface area contributed by atoms with E-state index in [4.69, 9.17) is 5.26 Å². The van der Waals surface area contributed by atoms with E-state index in [0.29, 0.717) is 0 Å². The van der Waals surface area contributed by atoms with E-state index in [9.17, 15) is 22.9 Å². The fourth-order valence-electron chi connectivity index (χ4n) is 2.21. The van der Waals surface area contributed by atoms with E-state index in [0.717, 1.165) is 10.6 Å². The summed E-state index contributed by atoms with van der Waals surface area (Å²) in [5.41, 5.74) is -1.03. The monoisotopic (exact) mass is 362 g/mol. The molecule has 0 unspecified atom stereocenters. The van der Waals surface area contributed by atoms with Crippen LogP contribution in [0.25, 0.3) is 0 Å². The van der Waals surface area contributed by atoms with Crippen molar-refractivity contribution in [2.45, 2.75) is 25.3 Å². The SMILES string of the molecule is CCn1c(O)c(/N=N/c2ccccc2S(=O)(=O)O)c(C)c(C#N)c1=O. The van der Waals surface area contributed by atoms with Crippen LogP contribution < -0.4 is 5.56 Å². The number of aromatic hydroxyl groups is 1. The first kappa shape index (κ1) is 18.3. The highest BCUT2D eigenvalue weighted by atomic mass is 32.2. The third-order valence-electron chi connectivity index (χ3n) is 3.49. The summed E-state index contributed by atoms with van der Waals surface area (Å²) in [5.74, 6) is -0.489. The van der Waals surface area contributed by atoms with Gasteiger partial charge in [-0.1, -0.05) is 12.1 Å². The van der Waals surface area contributed by atoms with Crippen LogP contribution in [0.2, 0.25) is 0 Å². The van der Waals surface area contributed by atoms with Gasteiger partial charge >= 0.3 is 0 Å². The lowest BCUT2D eigenvalue weighted by Gasteiger charge is -2.11. The van der Waals surface area contributed by atoms with Crippen LogP contribution in [-0.2, 0) is 16.7 Å². The molecular formula is C15H14N4O5S. The highest BCUT2D eigenvalue weighted by Gasteiger charge is 2.19. The maximum Gasteiger partial charge on any atom is 0.296 e. The van der Waals surface area contributed by atoms with E-state index in [-0.39, 0.29) is 29.0 Å². The maximum absolute atomic E-state index is 12.1. The summed E-state index contributed by atoms with van der Waals surface area (Å²) in [4.78, 5) is 11.6. The van der Waals surface area contributed by atoms with Crippen LogP contribution in [0, 0.1) is 18.3 Å². The number of aromatic nitrogens is 1. The lowest BCUT2D eigenvalue weighted by molar-refractivity contribution is 0.412. The zero-order valence-corrected chi connectivity index (χ0v) is 14.1. The molecule has 25 heavy (non-hydrogen) atoms. The standard InChI is InChI=1S/C15H14N4O5S/c1-3-19-14(20)10(8-16)9(2)13(15(19)21)18-17-11-6-4-5-7-12(11)25(22,23)24/h4-7,21H,3H2,1-2H3,(H,22,23,24)/b18-17+. The van der Waals surface area contributed by atoms with E-state index >= 15 is 0 Å². The van der Waals surface area contributed by atoms with Crippen LogP contribution >= 0.6 is 0 Å². The Morgan fingerprint density at radius 3 is 2.48 bits per heavy atom. The van der Waals surface area contributed by atoms with Crippen LogP contribution in [0.1, 0.15) is 18.1 Å². The fraction of sp³-hybridized carbons (Fsp3) is 0.200. The number of rotatable bonds is 4. The zero-order chi connectivity index (χ0) is 18.8. The Morgan fingerprint density at radius 2 is 1.92 bits per heavy atom. The van der Waals surface area contributed by atoms with Crippen LogP contribution in [-0.4, -0.2) is 22.6 Å². The van der Waals surface area contributed by atoms with Gasteiger partial charge in [-0.05, 0) is 26.0 Å². The maximum atomic E-state index is 12.1. The van der Waals surface area contributed by atoms with Crippen LogP contribution in [0.15, 0.2) is 44.2 Å². The normalized spacial score (nSPS) is 11.6. The first-order chi connectivity index (χ1) is 11.7. The number of benzene rings is 1. The van der Waals surface area contributed by atoms with Crippen molar-refractivity contribution in [3.05, 3.63) is 45.7 Å². The van der Waals surface area contributed by atoms with Crippen LogP contribution in [0.4, 0.5) is 11.4 Å². The molecule has 2 N–H and O–H groups in total. The van der Waals surface area contributed by atoms with Crippen molar-refractivity contribution in [3.63, 3.8) is 0 Å². The van der Waals surface area contributed by atoms with Gasteiger partial charge in [0.25, 0.3) is 15.7 Å². The van der Waals surface area contributed by atoms with Crippen molar-refractivity contribution in [2.75, 3.05) is 0 Å². The molecule has 9 nitrogen and oxygen atoms in total. The Morgan fingerprint density at radius 1 is 1.28 bits per heavy atom. The summed E-state index contributed by atoms with van der Waals surface area (Å²) in [6.45, 7) is 3.12. The van der Waals surface area contributed by atoms with Crippen LogP contribution in [0.5, 0.6) is 5.88 Å².